The Morgan fingerprint density at radius 1 is 1.11 bits per heavy atom. The molecule has 2 unspecified atom stereocenters. The largest absolute Gasteiger partial charge is 0.327 e. The maximum atomic E-state index is 5.83. The third-order valence-corrected chi connectivity index (χ3v) is 3.27. The lowest BCUT2D eigenvalue weighted by Gasteiger charge is -2.59. The Bertz CT molecular complexity index is 119. The van der Waals surface area contributed by atoms with Gasteiger partial charge >= 0.3 is 0 Å². The molecular weight excluding hydrogens is 112 g/mol. The Morgan fingerprint density at radius 2 is 1.67 bits per heavy atom. The highest BCUT2D eigenvalue weighted by Gasteiger charge is 2.54. The van der Waals surface area contributed by atoms with Gasteiger partial charge in [-0.25, -0.2) is 0 Å². The van der Waals surface area contributed by atoms with Gasteiger partial charge in [0.2, 0.25) is 0 Å². The van der Waals surface area contributed by atoms with Crippen LogP contribution in [-0.2, 0) is 0 Å². The number of hydrogen-bond donors (Lipinski definition) is 2. The van der Waals surface area contributed by atoms with Crippen LogP contribution in [0.3, 0.4) is 0 Å². The van der Waals surface area contributed by atoms with Crippen LogP contribution in [0.5, 0.6) is 0 Å². The van der Waals surface area contributed by atoms with Gasteiger partial charge in [0, 0.05) is 17.5 Å². The van der Waals surface area contributed by atoms with E-state index in [4.69, 9.17) is 11.5 Å². The minimum absolute atomic E-state index is 0.417. The van der Waals surface area contributed by atoms with Crippen LogP contribution in [0, 0.1) is 5.41 Å². The molecule has 0 aromatic carbocycles. The summed E-state index contributed by atoms with van der Waals surface area (Å²) in [6, 6.07) is 0.863. The molecule has 2 saturated carbocycles. The molecule has 1 spiro atoms. The van der Waals surface area contributed by atoms with Crippen LogP contribution in [-0.4, -0.2) is 12.1 Å². The van der Waals surface area contributed by atoms with Crippen molar-refractivity contribution in [3.05, 3.63) is 0 Å². The van der Waals surface area contributed by atoms with Gasteiger partial charge < -0.3 is 11.5 Å². The molecular formula is C7H14N2. The molecule has 4 N–H and O–H groups in total. The van der Waals surface area contributed by atoms with Gasteiger partial charge in [0.15, 0.2) is 0 Å². The zero-order valence-corrected chi connectivity index (χ0v) is 5.64. The Balaban J connectivity index is 2.08. The molecule has 0 aliphatic heterocycles. The first-order chi connectivity index (χ1) is 4.26. The Kier molecular flexibility index (Phi) is 0.945. The van der Waals surface area contributed by atoms with Crippen molar-refractivity contribution in [1.29, 1.82) is 0 Å². The zero-order chi connectivity index (χ0) is 6.48. The number of rotatable bonds is 0. The predicted molar refractivity (Wildman–Crippen MR) is 36.9 cm³/mol. The summed E-state index contributed by atoms with van der Waals surface area (Å²) in [6.45, 7) is 0. The molecule has 0 heterocycles. The van der Waals surface area contributed by atoms with E-state index in [1.807, 2.05) is 0 Å². The van der Waals surface area contributed by atoms with Gasteiger partial charge in [-0.05, 0) is 19.3 Å². The summed E-state index contributed by atoms with van der Waals surface area (Å²) in [5.74, 6) is 0. The van der Waals surface area contributed by atoms with Crippen molar-refractivity contribution in [2.75, 3.05) is 0 Å². The average molecular weight is 126 g/mol. The summed E-state index contributed by atoms with van der Waals surface area (Å²) in [6.07, 6.45) is 4.98. The lowest BCUT2D eigenvalue weighted by atomic mass is 9.50. The molecule has 52 valence electrons. The quantitative estimate of drug-likeness (QED) is 0.487. The first-order valence-electron chi connectivity index (χ1n) is 3.77. The topological polar surface area (TPSA) is 52.0 Å². The fourth-order valence-corrected chi connectivity index (χ4v) is 2.18. The molecule has 2 fully saturated rings. The van der Waals surface area contributed by atoms with E-state index in [0.29, 0.717) is 17.5 Å². The van der Waals surface area contributed by atoms with E-state index >= 15 is 0 Å². The van der Waals surface area contributed by atoms with Crippen molar-refractivity contribution >= 4 is 0 Å². The molecule has 0 aromatic heterocycles. The molecule has 0 aromatic rings. The van der Waals surface area contributed by atoms with E-state index in [-0.39, 0.29) is 0 Å². The molecule has 2 rings (SSSR count). The van der Waals surface area contributed by atoms with Gasteiger partial charge in [-0.2, -0.15) is 0 Å². The second-order valence-corrected chi connectivity index (χ2v) is 3.54. The van der Waals surface area contributed by atoms with Crippen molar-refractivity contribution in [3.8, 4) is 0 Å². The average Bonchev–Trinajstić information content (AvgIpc) is 1.60. The molecule has 0 bridgehead atoms. The van der Waals surface area contributed by atoms with Gasteiger partial charge in [0.25, 0.3) is 0 Å². The fourth-order valence-electron chi connectivity index (χ4n) is 2.18. The lowest BCUT2D eigenvalue weighted by molar-refractivity contribution is -0.0243. The third-order valence-electron chi connectivity index (χ3n) is 3.27. The van der Waals surface area contributed by atoms with Crippen LogP contribution in [0.1, 0.15) is 25.7 Å². The van der Waals surface area contributed by atoms with Crippen molar-refractivity contribution in [1.82, 2.24) is 0 Å². The Hall–Kier alpha value is -0.0800. The molecule has 0 radical (unpaired) electrons. The van der Waals surface area contributed by atoms with Gasteiger partial charge in [-0.15, -0.1) is 0 Å². The van der Waals surface area contributed by atoms with Crippen molar-refractivity contribution in [2.24, 2.45) is 16.9 Å². The summed E-state index contributed by atoms with van der Waals surface area (Å²) >= 11 is 0. The van der Waals surface area contributed by atoms with Crippen LogP contribution in [0.25, 0.3) is 0 Å². The van der Waals surface area contributed by atoms with Gasteiger partial charge in [0.1, 0.15) is 0 Å². The highest BCUT2D eigenvalue weighted by Crippen LogP contribution is 2.53. The fraction of sp³-hybridized carbons (Fsp3) is 1.00. The second-order valence-electron chi connectivity index (χ2n) is 3.54. The van der Waals surface area contributed by atoms with Crippen molar-refractivity contribution < 1.29 is 0 Å². The van der Waals surface area contributed by atoms with Crippen molar-refractivity contribution in [3.63, 3.8) is 0 Å². The summed E-state index contributed by atoms with van der Waals surface area (Å²) in [7, 11) is 0. The monoisotopic (exact) mass is 126 g/mol. The third kappa shape index (κ3) is 0.485. The highest BCUT2D eigenvalue weighted by atomic mass is 14.9. The van der Waals surface area contributed by atoms with E-state index in [1.54, 1.807) is 0 Å². The number of nitrogens with two attached hydrogens (primary N) is 2. The van der Waals surface area contributed by atoms with E-state index in [2.05, 4.69) is 0 Å². The van der Waals surface area contributed by atoms with E-state index in [9.17, 15) is 0 Å². The SMILES string of the molecule is NC1CC(N)C12CCC2. The Labute approximate surface area is 55.6 Å². The minimum Gasteiger partial charge on any atom is -0.327 e. The van der Waals surface area contributed by atoms with Gasteiger partial charge in [0.05, 0.1) is 0 Å². The highest BCUT2D eigenvalue weighted by molar-refractivity contribution is 5.11. The Morgan fingerprint density at radius 3 is 1.78 bits per heavy atom. The molecule has 2 heteroatoms. The van der Waals surface area contributed by atoms with E-state index in [0.717, 1.165) is 6.42 Å². The van der Waals surface area contributed by atoms with Crippen LogP contribution in [0.15, 0.2) is 0 Å². The normalized spacial score (nSPS) is 46.0. The van der Waals surface area contributed by atoms with Gasteiger partial charge in [-0.3, -0.25) is 0 Å². The smallest absolute Gasteiger partial charge is 0.0125 e. The van der Waals surface area contributed by atoms with Crippen LogP contribution in [0.4, 0.5) is 0 Å². The molecule has 9 heavy (non-hydrogen) atoms. The summed E-state index contributed by atoms with van der Waals surface area (Å²) in [4.78, 5) is 0. The molecule has 2 aliphatic carbocycles. The molecule has 0 saturated heterocycles. The first-order valence-corrected chi connectivity index (χ1v) is 3.77. The number of hydrogen-bond acceptors (Lipinski definition) is 2. The summed E-state index contributed by atoms with van der Waals surface area (Å²) in [5, 5.41) is 0. The summed E-state index contributed by atoms with van der Waals surface area (Å²) in [5.41, 5.74) is 12.1. The standard InChI is InChI=1S/C7H14N2/c8-5-4-6(9)7(5)2-1-3-7/h5-6H,1-4,8-9H2. The minimum atomic E-state index is 0.417. The molecule has 2 aliphatic rings. The van der Waals surface area contributed by atoms with Crippen LogP contribution in [0.2, 0.25) is 0 Å². The van der Waals surface area contributed by atoms with E-state index in [1.165, 1.54) is 19.3 Å². The zero-order valence-electron chi connectivity index (χ0n) is 5.64. The van der Waals surface area contributed by atoms with E-state index < -0.39 is 0 Å². The molecule has 2 atom stereocenters. The van der Waals surface area contributed by atoms with Crippen LogP contribution < -0.4 is 11.5 Å². The van der Waals surface area contributed by atoms with Crippen LogP contribution >= 0.6 is 0 Å². The first kappa shape index (κ1) is 5.69. The second kappa shape index (κ2) is 1.50. The summed E-state index contributed by atoms with van der Waals surface area (Å²) < 4.78 is 0. The maximum absolute atomic E-state index is 5.83. The molecule has 0 amide bonds. The molecule has 2 nitrogen and oxygen atoms in total. The lowest BCUT2D eigenvalue weighted by Crippen LogP contribution is -2.67. The van der Waals surface area contributed by atoms with Crippen molar-refractivity contribution in [2.45, 2.75) is 37.8 Å². The van der Waals surface area contributed by atoms with Gasteiger partial charge in [-0.1, -0.05) is 6.42 Å². The predicted octanol–water partition coefficient (Wildman–Crippen LogP) is 0.215. The maximum Gasteiger partial charge on any atom is 0.0125 e.